The molecule has 0 spiro atoms. The zero-order valence-electron chi connectivity index (χ0n) is 24.8. The van der Waals surface area contributed by atoms with Gasteiger partial charge in [0.1, 0.15) is 0 Å². The fourth-order valence-corrected chi connectivity index (χ4v) is 7.34. The molecule has 1 aliphatic heterocycles. The second-order valence-corrected chi connectivity index (χ2v) is 14.8. The van der Waals surface area contributed by atoms with Crippen molar-refractivity contribution >= 4 is 37.7 Å². The van der Waals surface area contributed by atoms with E-state index in [0.29, 0.717) is 16.9 Å². The van der Waals surface area contributed by atoms with Gasteiger partial charge in [0.15, 0.2) is 0 Å². The molecule has 224 valence electrons. The van der Waals surface area contributed by atoms with Gasteiger partial charge >= 0.3 is 202 Å². The molecule has 2 aromatic carbocycles. The molecule has 1 aliphatic carbocycles. The molecule has 0 saturated carbocycles. The van der Waals surface area contributed by atoms with Crippen molar-refractivity contribution < 1.29 is 33.3 Å². The predicted octanol–water partition coefficient (Wildman–Crippen LogP) is 8.76. The topological polar surface area (TPSA) is 76.5 Å². The van der Waals surface area contributed by atoms with Crippen LogP contribution in [0.15, 0.2) is 89.7 Å². The summed E-state index contributed by atoms with van der Waals surface area (Å²) in [5, 5.41) is 11.0. The van der Waals surface area contributed by atoms with Crippen LogP contribution in [0.2, 0.25) is 0 Å². The Hall–Kier alpha value is -3.71. The molecule has 0 radical (unpaired) electrons. The number of carbonyl (C=O) groups is 1. The van der Waals surface area contributed by atoms with Crippen LogP contribution in [0.4, 0.5) is 13.2 Å². The average molecular weight is 654 g/mol. The summed E-state index contributed by atoms with van der Waals surface area (Å²) >= 11 is 0.181. The minimum Gasteiger partial charge on any atom is -0.870 e. The summed E-state index contributed by atoms with van der Waals surface area (Å²) in [7, 11) is 0. The number of aliphatic hydroxyl groups excluding tert-OH is 1. The fraction of sp³-hybridized carbons (Fsp3) is 0.257. The van der Waals surface area contributed by atoms with Gasteiger partial charge in [0, 0.05) is 0 Å². The maximum atomic E-state index is 13.8. The number of para-hydroxylation sites is 1. The second kappa shape index (κ2) is 11.4. The zero-order chi connectivity index (χ0) is 30.6. The molecule has 5 rings (SSSR count). The summed E-state index contributed by atoms with van der Waals surface area (Å²) in [6, 6.07) is 16.4. The fourth-order valence-electron chi connectivity index (χ4n) is 4.74. The van der Waals surface area contributed by atoms with Crippen molar-refractivity contribution in [3.63, 3.8) is 0 Å². The van der Waals surface area contributed by atoms with Gasteiger partial charge < -0.3 is 5.48 Å². The van der Waals surface area contributed by atoms with E-state index in [1.54, 1.807) is 30.3 Å². The Morgan fingerprint density at radius 3 is 1.93 bits per heavy atom. The number of hydrogen-bond acceptors (Lipinski definition) is 4. The number of Topliss-reactive ketones (excluding diaryl/α,β-unsaturated/α-hetero) is 1. The van der Waals surface area contributed by atoms with Crippen LogP contribution >= 0.6 is 0 Å². The number of fused-ring (bicyclic) bond motifs is 1. The predicted molar refractivity (Wildman–Crippen MR) is 164 cm³/mol. The maximum absolute atomic E-state index is 13.8. The van der Waals surface area contributed by atoms with Gasteiger partial charge in [-0.2, -0.15) is 13.2 Å². The van der Waals surface area contributed by atoms with Crippen LogP contribution < -0.4 is 4.74 Å². The first-order valence-electron chi connectivity index (χ1n) is 13.6. The summed E-state index contributed by atoms with van der Waals surface area (Å²) in [4.78, 5) is 13.3. The number of aliphatic hydroxyl groups is 1. The van der Waals surface area contributed by atoms with Crippen LogP contribution in [0.1, 0.15) is 72.7 Å². The van der Waals surface area contributed by atoms with Gasteiger partial charge in [-0.3, -0.25) is 0 Å². The summed E-state index contributed by atoms with van der Waals surface area (Å²) in [5.74, 6) is -0.0910. The van der Waals surface area contributed by atoms with Gasteiger partial charge in [-0.25, -0.2) is 0 Å². The van der Waals surface area contributed by atoms with Crippen LogP contribution in [0.25, 0.3) is 17.4 Å². The third kappa shape index (κ3) is 6.47. The van der Waals surface area contributed by atoms with E-state index in [1.165, 1.54) is 39.2 Å². The third-order valence-corrected chi connectivity index (χ3v) is 11.1. The average Bonchev–Trinajstić information content (AvgIpc) is 2.92. The van der Waals surface area contributed by atoms with Gasteiger partial charge in [0.2, 0.25) is 0 Å². The molecule has 1 aromatic heterocycles. The van der Waals surface area contributed by atoms with E-state index in [-0.39, 0.29) is 64.8 Å². The minimum atomic E-state index is -4.58. The Kier molecular flexibility index (Phi) is 8.55. The number of hydrogen-bond donors (Lipinski definition) is 1. The molecule has 2 heterocycles. The summed E-state index contributed by atoms with van der Waals surface area (Å²) in [6.07, 6.45) is 0.155. The summed E-state index contributed by atoms with van der Waals surface area (Å²) in [6.45, 7) is 13.0. The minimum absolute atomic E-state index is 0. The molecule has 43 heavy (non-hydrogen) atoms. The van der Waals surface area contributed by atoms with Crippen LogP contribution in [0.5, 0.6) is 5.75 Å². The number of allylic oxidation sites excluding steroid dienone is 5. The number of rotatable bonds is 3. The molecule has 2 N–H and O–H groups in total. The first-order chi connectivity index (χ1) is 19.5. The molecule has 0 unspecified atom stereocenters. The number of carbonyl (C=O) groups excluding carboxylic acids is 1. The molecule has 3 aromatic rings. The Balaban J connectivity index is 0.00000423. The van der Waals surface area contributed by atoms with Crippen molar-refractivity contribution in [3.8, 4) is 5.75 Å². The molecule has 0 saturated heterocycles. The molecule has 0 atom stereocenters. The molecule has 8 heteroatoms. The van der Waals surface area contributed by atoms with Crippen molar-refractivity contribution in [1.82, 2.24) is 0 Å². The van der Waals surface area contributed by atoms with E-state index < -0.39 is 11.7 Å². The molecule has 0 bridgehead atoms. The summed E-state index contributed by atoms with van der Waals surface area (Å²) in [5.41, 5.74) is 1.27. The molecule has 4 nitrogen and oxygen atoms in total. The van der Waals surface area contributed by atoms with Crippen LogP contribution in [0, 0.1) is 0 Å². The van der Waals surface area contributed by atoms with Gasteiger partial charge in [0.05, 0.1) is 5.56 Å². The van der Waals surface area contributed by atoms with Crippen molar-refractivity contribution in [2.45, 2.75) is 58.5 Å². The number of alkyl halides is 3. The Morgan fingerprint density at radius 1 is 0.814 bits per heavy atom. The number of ether oxygens (including phenoxy) is 1. The van der Waals surface area contributed by atoms with E-state index in [2.05, 4.69) is 53.7 Å². The van der Waals surface area contributed by atoms with Crippen LogP contribution in [-0.4, -0.2) is 30.9 Å². The largest absolute Gasteiger partial charge is 0.870 e. The van der Waals surface area contributed by atoms with E-state index in [1.807, 2.05) is 0 Å². The van der Waals surface area contributed by atoms with Gasteiger partial charge in [0.25, 0.3) is 0 Å². The smallest absolute Gasteiger partial charge is 0.870 e. The molecule has 2 aliphatic rings. The van der Waals surface area contributed by atoms with Crippen LogP contribution in [-0.2, 0) is 21.8 Å². The van der Waals surface area contributed by atoms with Crippen molar-refractivity contribution in [1.29, 1.82) is 0 Å². The van der Waals surface area contributed by atoms with Gasteiger partial charge in [-0.15, -0.1) is 0 Å². The molecule has 0 fully saturated rings. The Bertz CT molecular complexity index is 1700. The Morgan fingerprint density at radius 2 is 1.37 bits per heavy atom. The molecular weight excluding hydrogens is 620 g/mol. The standard InChI is InChI=1S/C35H31F3O3Se.H2O/c1-33(2,3)29-16-20(17-30(42-29)34(4,5)6)15-24-31(39)25(32(24)40)18-21-19-28(41-27-14-10-8-11-22(21)27)23-12-7-9-13-26(23)35(36,37)38;/h7-19H,1-6H3;1H2. The first-order valence-corrected chi connectivity index (χ1v) is 15.3. The van der Waals surface area contributed by atoms with Crippen LogP contribution in [0.3, 0.4) is 0 Å². The first kappa shape index (κ1) is 32.2. The number of ketones is 1. The molecular formula is C35H33F3O4Se. The monoisotopic (exact) mass is 654 g/mol. The van der Waals surface area contributed by atoms with Crippen molar-refractivity contribution in [3.05, 3.63) is 121 Å². The van der Waals surface area contributed by atoms with E-state index in [0.717, 1.165) is 11.6 Å². The maximum Gasteiger partial charge on any atom is -0.870 e. The number of halogens is 3. The van der Waals surface area contributed by atoms with Crippen molar-refractivity contribution in [2.24, 2.45) is 0 Å². The van der Waals surface area contributed by atoms with Gasteiger partial charge in [-0.05, 0) is 6.07 Å². The normalized spacial score (nSPS) is 17.2. The quantitative estimate of drug-likeness (QED) is 0.227. The van der Waals surface area contributed by atoms with E-state index in [9.17, 15) is 23.1 Å². The number of benzene rings is 2. The van der Waals surface area contributed by atoms with E-state index >= 15 is 0 Å². The zero-order valence-corrected chi connectivity index (χ0v) is 26.5. The third-order valence-electron chi connectivity index (χ3n) is 7.11. The molecule has 0 amide bonds. The second-order valence-electron chi connectivity index (χ2n) is 12.5. The van der Waals surface area contributed by atoms with E-state index in [4.69, 9.17) is 4.74 Å². The SMILES string of the molecule is CC(C)(C)c1cc(C=C2C(=O)C(C=C3C=C(c4ccccc4C(F)(F)F)Oc4ccccc43)=C2O)cc(C(C)(C)C)[se+]1.[OH-]. The van der Waals surface area contributed by atoms with Crippen molar-refractivity contribution in [2.75, 3.05) is 0 Å². The summed E-state index contributed by atoms with van der Waals surface area (Å²) < 4.78 is 49.9. The van der Waals surface area contributed by atoms with Gasteiger partial charge in [-0.1, -0.05) is 24.3 Å². The Labute approximate surface area is 255 Å².